The van der Waals surface area contributed by atoms with Crippen LogP contribution in [0, 0.1) is 5.41 Å². The minimum absolute atomic E-state index is 0.0700. The molecule has 0 unspecified atom stereocenters. The lowest BCUT2D eigenvalue weighted by atomic mass is 9.93. The molecule has 0 aliphatic carbocycles. The van der Waals surface area contributed by atoms with Gasteiger partial charge in [-0.05, 0) is 19.4 Å². The van der Waals surface area contributed by atoms with Crippen LogP contribution in [0.2, 0.25) is 0 Å². The number of amides is 1. The van der Waals surface area contributed by atoms with Crippen LogP contribution in [0.3, 0.4) is 0 Å². The fourth-order valence-corrected chi connectivity index (χ4v) is 1.88. The van der Waals surface area contributed by atoms with Crippen LogP contribution in [0.15, 0.2) is 42.7 Å². The summed E-state index contributed by atoms with van der Waals surface area (Å²) in [5.41, 5.74) is 1.23. The number of aliphatic carboxylic acids is 1. The van der Waals surface area contributed by atoms with Crippen molar-refractivity contribution in [3.8, 4) is 11.1 Å². The lowest BCUT2D eigenvalue weighted by molar-refractivity contribution is -0.146. The van der Waals surface area contributed by atoms with Gasteiger partial charge in [0.05, 0.1) is 11.0 Å². The quantitative estimate of drug-likeness (QED) is 0.790. The third kappa shape index (κ3) is 3.31. The Morgan fingerprint density at radius 2 is 1.86 bits per heavy atom. The third-order valence-electron chi connectivity index (χ3n) is 3.34. The Morgan fingerprint density at radius 3 is 2.48 bits per heavy atom. The van der Waals surface area contributed by atoms with Gasteiger partial charge in [0.25, 0.3) is 5.91 Å². The number of carbonyl (C=O) groups is 2. The zero-order valence-corrected chi connectivity index (χ0v) is 12.0. The highest BCUT2D eigenvalue weighted by atomic mass is 16.4. The van der Waals surface area contributed by atoms with Crippen molar-refractivity contribution >= 4 is 11.9 Å². The van der Waals surface area contributed by atoms with E-state index in [4.69, 9.17) is 5.11 Å². The molecule has 0 fully saturated rings. The first-order valence-electron chi connectivity index (χ1n) is 6.65. The van der Waals surface area contributed by atoms with Gasteiger partial charge in [-0.1, -0.05) is 30.3 Å². The van der Waals surface area contributed by atoms with Crippen LogP contribution in [0.25, 0.3) is 11.1 Å². The summed E-state index contributed by atoms with van der Waals surface area (Å²) in [5.74, 6) is -1.23. The second-order valence-corrected chi connectivity index (χ2v) is 5.52. The van der Waals surface area contributed by atoms with Crippen LogP contribution in [-0.4, -0.2) is 28.5 Å². The largest absolute Gasteiger partial charge is 0.481 e. The monoisotopic (exact) mass is 286 g/mol. The van der Waals surface area contributed by atoms with Crippen LogP contribution in [0.1, 0.15) is 24.2 Å². The van der Waals surface area contributed by atoms with Gasteiger partial charge in [-0.15, -0.1) is 0 Å². The van der Waals surface area contributed by atoms with E-state index in [9.17, 15) is 9.59 Å². The maximum atomic E-state index is 12.2. The van der Waals surface area contributed by atoms with Crippen molar-refractivity contribution in [2.75, 3.05) is 6.54 Å². The number of rotatable bonds is 5. The molecule has 1 aromatic carbocycles. The van der Waals surface area contributed by atoms with Gasteiger partial charge in [0.1, 0.15) is 0 Å². The average molecular weight is 286 g/mol. The molecule has 0 aliphatic rings. The molecule has 2 rings (SSSR count). The van der Waals surface area contributed by atoms with Crippen molar-refractivity contribution in [2.45, 2.75) is 13.8 Å². The molecule has 0 spiro atoms. The SMILES string of the molecule is CC(C)(CNC(=O)c1c[nH]cc1-c1ccccc1)C(=O)O. The maximum absolute atomic E-state index is 12.2. The number of carbonyl (C=O) groups excluding carboxylic acids is 1. The number of hydrogen-bond acceptors (Lipinski definition) is 2. The summed E-state index contributed by atoms with van der Waals surface area (Å²) >= 11 is 0. The standard InChI is InChI=1S/C16H18N2O3/c1-16(2,15(20)21)10-18-14(19)13-9-17-8-12(13)11-6-4-3-5-7-11/h3-9,17H,10H2,1-2H3,(H,18,19)(H,20,21). The molecule has 0 saturated carbocycles. The second-order valence-electron chi connectivity index (χ2n) is 5.52. The Kier molecular flexibility index (Phi) is 4.12. The molecule has 0 bridgehead atoms. The van der Waals surface area contributed by atoms with E-state index in [0.717, 1.165) is 11.1 Å². The van der Waals surface area contributed by atoms with E-state index in [2.05, 4.69) is 10.3 Å². The van der Waals surface area contributed by atoms with Gasteiger partial charge in [-0.3, -0.25) is 9.59 Å². The van der Waals surface area contributed by atoms with Gasteiger partial charge in [0.2, 0.25) is 0 Å². The summed E-state index contributed by atoms with van der Waals surface area (Å²) < 4.78 is 0. The molecule has 0 saturated heterocycles. The highest BCUT2D eigenvalue weighted by Gasteiger charge is 2.28. The Balaban J connectivity index is 2.15. The molecule has 3 N–H and O–H groups in total. The molecule has 21 heavy (non-hydrogen) atoms. The van der Waals surface area contributed by atoms with Gasteiger partial charge < -0.3 is 15.4 Å². The Labute approximate surface area is 123 Å². The fourth-order valence-electron chi connectivity index (χ4n) is 1.88. The first-order valence-corrected chi connectivity index (χ1v) is 6.65. The summed E-state index contributed by atoms with van der Waals surface area (Å²) in [7, 11) is 0. The number of H-pyrrole nitrogens is 1. The highest BCUT2D eigenvalue weighted by molar-refractivity contribution is 6.01. The predicted molar refractivity (Wildman–Crippen MR) is 80.0 cm³/mol. The van der Waals surface area contributed by atoms with Crippen molar-refractivity contribution in [1.29, 1.82) is 0 Å². The van der Waals surface area contributed by atoms with Gasteiger partial charge in [0.15, 0.2) is 0 Å². The Bertz CT molecular complexity index is 645. The van der Waals surface area contributed by atoms with Crippen LogP contribution < -0.4 is 5.32 Å². The summed E-state index contributed by atoms with van der Waals surface area (Å²) in [5, 5.41) is 11.7. The zero-order chi connectivity index (χ0) is 15.5. The molecule has 5 nitrogen and oxygen atoms in total. The Hall–Kier alpha value is -2.56. The number of nitrogens with one attached hydrogen (secondary N) is 2. The van der Waals surface area contributed by atoms with Crippen LogP contribution in [0.5, 0.6) is 0 Å². The topological polar surface area (TPSA) is 82.2 Å². The van der Waals surface area contributed by atoms with E-state index in [0.29, 0.717) is 5.56 Å². The molecule has 0 aliphatic heterocycles. The van der Waals surface area contributed by atoms with Gasteiger partial charge in [-0.2, -0.15) is 0 Å². The van der Waals surface area contributed by atoms with Crippen LogP contribution in [-0.2, 0) is 4.79 Å². The van der Waals surface area contributed by atoms with Crippen molar-refractivity contribution in [3.63, 3.8) is 0 Å². The molecule has 1 aromatic heterocycles. The molecule has 0 radical (unpaired) electrons. The first-order chi connectivity index (χ1) is 9.92. The van der Waals surface area contributed by atoms with E-state index in [1.54, 1.807) is 26.2 Å². The second kappa shape index (κ2) is 5.83. The van der Waals surface area contributed by atoms with Crippen molar-refractivity contribution in [1.82, 2.24) is 10.3 Å². The lowest BCUT2D eigenvalue weighted by Gasteiger charge is -2.19. The summed E-state index contributed by atoms with van der Waals surface area (Å²) in [6.07, 6.45) is 3.37. The number of aromatic nitrogens is 1. The number of carboxylic acid groups (broad SMARTS) is 1. The molecular formula is C16H18N2O3. The molecule has 0 atom stereocenters. The van der Waals surface area contributed by atoms with E-state index in [1.165, 1.54) is 0 Å². The average Bonchev–Trinajstić information content (AvgIpc) is 2.95. The van der Waals surface area contributed by atoms with E-state index < -0.39 is 11.4 Å². The molecule has 2 aromatic rings. The molecule has 110 valence electrons. The predicted octanol–water partition coefficient (Wildman–Crippen LogP) is 2.52. The smallest absolute Gasteiger partial charge is 0.310 e. The Morgan fingerprint density at radius 1 is 1.19 bits per heavy atom. The van der Waals surface area contributed by atoms with E-state index >= 15 is 0 Å². The van der Waals surface area contributed by atoms with Crippen LogP contribution >= 0.6 is 0 Å². The lowest BCUT2D eigenvalue weighted by Crippen LogP contribution is -2.38. The van der Waals surface area contributed by atoms with E-state index in [1.807, 2.05) is 30.3 Å². The molecule has 1 heterocycles. The van der Waals surface area contributed by atoms with Gasteiger partial charge >= 0.3 is 5.97 Å². The third-order valence-corrected chi connectivity index (χ3v) is 3.34. The first kappa shape index (κ1) is 14.8. The van der Waals surface area contributed by atoms with Gasteiger partial charge in [0, 0.05) is 24.5 Å². The summed E-state index contributed by atoms with van der Waals surface area (Å²) in [6.45, 7) is 3.22. The number of hydrogen-bond donors (Lipinski definition) is 3. The molecule has 5 heteroatoms. The molecular weight excluding hydrogens is 268 g/mol. The maximum Gasteiger partial charge on any atom is 0.310 e. The fraction of sp³-hybridized carbons (Fsp3) is 0.250. The highest BCUT2D eigenvalue weighted by Crippen LogP contribution is 2.23. The minimum atomic E-state index is -1.00. The van der Waals surface area contributed by atoms with Crippen molar-refractivity contribution in [3.05, 3.63) is 48.3 Å². The minimum Gasteiger partial charge on any atom is -0.481 e. The van der Waals surface area contributed by atoms with Gasteiger partial charge in [-0.25, -0.2) is 0 Å². The summed E-state index contributed by atoms with van der Waals surface area (Å²) in [4.78, 5) is 26.2. The number of benzene rings is 1. The number of carboxylic acids is 1. The summed E-state index contributed by atoms with van der Waals surface area (Å²) in [6, 6.07) is 9.54. The van der Waals surface area contributed by atoms with E-state index in [-0.39, 0.29) is 12.5 Å². The molecule has 1 amide bonds. The van der Waals surface area contributed by atoms with Crippen molar-refractivity contribution in [2.24, 2.45) is 5.41 Å². The number of aromatic amines is 1. The van der Waals surface area contributed by atoms with Crippen LogP contribution in [0.4, 0.5) is 0 Å². The van der Waals surface area contributed by atoms with Crippen molar-refractivity contribution < 1.29 is 14.7 Å². The normalized spacial score (nSPS) is 11.1. The zero-order valence-electron chi connectivity index (χ0n) is 12.0.